The fourth-order valence-electron chi connectivity index (χ4n) is 0.269. The van der Waals surface area contributed by atoms with Gasteiger partial charge >= 0.3 is 73.8 Å². The summed E-state index contributed by atoms with van der Waals surface area (Å²) in [5, 5.41) is 24.4. The summed E-state index contributed by atoms with van der Waals surface area (Å²) >= 11 is -4.48. The van der Waals surface area contributed by atoms with Gasteiger partial charge in [0.2, 0.25) is 0 Å². The molecule has 0 aromatic rings. The third-order valence-electron chi connectivity index (χ3n) is 0.516. The minimum absolute atomic E-state index is 0. The molecule has 16 N–H and O–H groups in total. The molecule has 0 aromatic heterocycles. The van der Waals surface area contributed by atoms with Gasteiger partial charge in [0.05, 0.1) is 0 Å². The molecule has 21 heteroatoms. The molecule has 0 rings (SSSR count). The molecule has 136 valence electrons. The summed E-state index contributed by atoms with van der Waals surface area (Å²) in [6.45, 7) is 0. The van der Waals surface area contributed by atoms with E-state index in [1.54, 1.807) is 0 Å². The molecule has 0 amide bonds. The predicted octanol–water partition coefficient (Wildman–Crippen LogP) is -8.00. The second-order valence-corrected chi connectivity index (χ2v) is 3.81. The van der Waals surface area contributed by atoms with Gasteiger partial charge in [0.25, 0.3) is 0 Å². The van der Waals surface area contributed by atoms with E-state index in [0.29, 0.717) is 0 Å². The van der Waals surface area contributed by atoms with Gasteiger partial charge in [-0.3, -0.25) is 0 Å². The summed E-state index contributed by atoms with van der Waals surface area (Å²) < 4.78 is 10.4. The zero-order valence-corrected chi connectivity index (χ0v) is 12.0. The monoisotopic (exact) mass is 399 g/mol. The van der Waals surface area contributed by atoms with Gasteiger partial charge in [-0.2, -0.15) is 0 Å². The Hall–Kier alpha value is -2.08. The normalized spacial score (nSPS) is 5.14. The fraction of sp³-hybridized carbons (Fsp3) is 0. The fourth-order valence-corrected chi connectivity index (χ4v) is 1.40. The first-order chi connectivity index (χ1) is 5.91. The van der Waals surface area contributed by atoms with Crippen LogP contribution in [0.2, 0.25) is 0 Å². The van der Waals surface area contributed by atoms with E-state index in [0.717, 1.165) is 0 Å². The van der Waals surface area contributed by atoms with E-state index in [-0.39, 0.29) is 43.8 Å². The van der Waals surface area contributed by atoms with Crippen molar-refractivity contribution in [3.8, 4) is 0 Å². The summed E-state index contributed by atoms with van der Waals surface area (Å²) in [6.07, 6.45) is 0. The average molecular weight is 400 g/mol. The Balaban J connectivity index is -0.0000000257. The first kappa shape index (κ1) is 61.7. The zero-order valence-electron chi connectivity index (χ0n) is 9.59. The van der Waals surface area contributed by atoms with Crippen LogP contribution in [0.4, 0.5) is 0 Å². The molecule has 0 aliphatic carbocycles. The van der Waals surface area contributed by atoms with Crippen molar-refractivity contribution < 1.29 is 70.0 Å². The number of hydrogen-bond acceptors (Lipinski definition) is 9. The SMILES string of the molecule is O.O.O.O.O.O.O.O.O=[N+]([O-])[O][Ga]([O][N+](=O)[O-])[O][N+](=O)[O-]. The molecule has 20 nitrogen and oxygen atoms in total. The second-order valence-electron chi connectivity index (χ2n) is 1.28. The van der Waals surface area contributed by atoms with Crippen molar-refractivity contribution in [2.75, 3.05) is 0 Å². The summed E-state index contributed by atoms with van der Waals surface area (Å²) in [5.41, 5.74) is 0. The van der Waals surface area contributed by atoms with Gasteiger partial charge in [0.15, 0.2) is 0 Å². The van der Waals surface area contributed by atoms with Crippen LogP contribution < -0.4 is 0 Å². The van der Waals surface area contributed by atoms with Gasteiger partial charge in [-0.1, -0.05) is 0 Å². The maximum absolute atomic E-state index is 9.60. The third-order valence-corrected chi connectivity index (χ3v) is 2.68. The van der Waals surface area contributed by atoms with Crippen LogP contribution >= 0.6 is 0 Å². The van der Waals surface area contributed by atoms with E-state index in [1.807, 2.05) is 0 Å². The molecule has 0 bridgehead atoms. The van der Waals surface area contributed by atoms with E-state index >= 15 is 0 Å². The first-order valence-corrected chi connectivity index (χ1v) is 5.32. The van der Waals surface area contributed by atoms with E-state index in [2.05, 4.69) is 10.9 Å². The minimum atomic E-state index is -4.48. The van der Waals surface area contributed by atoms with Crippen molar-refractivity contribution in [3.05, 3.63) is 30.3 Å². The van der Waals surface area contributed by atoms with Crippen molar-refractivity contribution in [1.29, 1.82) is 0 Å². The molecule has 0 unspecified atom stereocenters. The first-order valence-electron chi connectivity index (χ1n) is 2.35. The molecule has 0 heterocycles. The molecular weight excluding hydrogens is 384 g/mol. The van der Waals surface area contributed by atoms with Gasteiger partial charge in [-0.15, -0.1) is 0 Å². The number of rotatable bonds is 6. The summed E-state index contributed by atoms with van der Waals surface area (Å²) in [6, 6.07) is 0. The molecule has 0 spiro atoms. The second kappa shape index (κ2) is 30.7. The predicted molar refractivity (Wildman–Crippen MR) is 58.9 cm³/mol. The molecule has 0 aliphatic rings. The van der Waals surface area contributed by atoms with E-state index in [9.17, 15) is 30.3 Å². The zero-order chi connectivity index (χ0) is 10.4. The topological polar surface area (TPSA) is 409 Å². The van der Waals surface area contributed by atoms with Crippen molar-refractivity contribution in [2.24, 2.45) is 0 Å². The van der Waals surface area contributed by atoms with Gasteiger partial charge in [0, 0.05) is 0 Å². The van der Waals surface area contributed by atoms with Crippen LogP contribution in [-0.2, 0) is 10.9 Å². The number of hydrogen-bond donors (Lipinski definition) is 0. The van der Waals surface area contributed by atoms with Crippen molar-refractivity contribution in [2.45, 2.75) is 0 Å². The molecule has 0 saturated carbocycles. The van der Waals surface area contributed by atoms with Gasteiger partial charge in [0.1, 0.15) is 0 Å². The Morgan fingerprint density at radius 1 is 0.524 bits per heavy atom. The molecule has 0 fully saturated rings. The van der Waals surface area contributed by atoms with Crippen LogP contribution in [0.25, 0.3) is 0 Å². The quantitative estimate of drug-likeness (QED) is 0.231. The molecule has 0 radical (unpaired) electrons. The van der Waals surface area contributed by atoms with Crippen molar-refractivity contribution in [3.63, 3.8) is 0 Å². The summed E-state index contributed by atoms with van der Waals surface area (Å²) in [4.78, 5) is 28.8. The van der Waals surface area contributed by atoms with E-state index < -0.39 is 32.6 Å². The van der Waals surface area contributed by atoms with Gasteiger partial charge in [-0.05, 0) is 0 Å². The number of nitrogens with zero attached hydrogens (tertiary/aromatic N) is 3. The van der Waals surface area contributed by atoms with Crippen molar-refractivity contribution >= 4 is 17.3 Å². The average Bonchev–Trinajstić information content (AvgIpc) is 1.80. The molecular formula is H16GaN3O17. The molecule has 0 atom stereocenters. The molecule has 21 heavy (non-hydrogen) atoms. The third kappa shape index (κ3) is 46.2. The maximum atomic E-state index is 9.60. The van der Waals surface area contributed by atoms with Crippen LogP contribution in [0.15, 0.2) is 0 Å². The van der Waals surface area contributed by atoms with Crippen LogP contribution in [0, 0.1) is 30.3 Å². The van der Waals surface area contributed by atoms with Crippen molar-refractivity contribution in [1.82, 2.24) is 0 Å². The van der Waals surface area contributed by atoms with Gasteiger partial charge < -0.3 is 43.8 Å². The molecule has 0 aromatic carbocycles. The molecule has 0 aliphatic heterocycles. The van der Waals surface area contributed by atoms with E-state index in [1.165, 1.54) is 0 Å². The van der Waals surface area contributed by atoms with Crippen LogP contribution in [-0.4, -0.2) is 76.4 Å². The molecule has 0 saturated heterocycles. The Bertz CT molecular complexity index is 188. The van der Waals surface area contributed by atoms with Gasteiger partial charge in [-0.25, -0.2) is 0 Å². The Morgan fingerprint density at radius 2 is 0.667 bits per heavy atom. The van der Waals surface area contributed by atoms with Crippen LogP contribution in [0.3, 0.4) is 0 Å². The van der Waals surface area contributed by atoms with E-state index in [4.69, 9.17) is 0 Å². The van der Waals surface area contributed by atoms with Crippen LogP contribution in [0.5, 0.6) is 0 Å². The Morgan fingerprint density at radius 3 is 0.762 bits per heavy atom. The Labute approximate surface area is 118 Å². The summed E-state index contributed by atoms with van der Waals surface area (Å²) in [5.74, 6) is 0. The summed E-state index contributed by atoms with van der Waals surface area (Å²) in [7, 11) is 0. The Kier molecular flexibility index (Phi) is 90.4. The standard InChI is InChI=1S/Ga.3NO3.8H2O/c;3*2-1(3)4;;;;;;;;/h;;;;8*1H2/q+3;3*-1;;;;;;;;. The van der Waals surface area contributed by atoms with Crippen LogP contribution in [0.1, 0.15) is 0 Å².